The van der Waals surface area contributed by atoms with E-state index in [9.17, 15) is 22.8 Å². The lowest BCUT2D eigenvalue weighted by molar-refractivity contribution is -0.137. The largest absolute Gasteiger partial charge is 0.445 e. The topological polar surface area (TPSA) is 126 Å². The Morgan fingerprint density at radius 1 is 1.02 bits per heavy atom. The van der Waals surface area contributed by atoms with Crippen molar-refractivity contribution in [3.8, 4) is 0 Å². The minimum Gasteiger partial charge on any atom is -0.445 e. The number of rotatable bonds is 12. The third kappa shape index (κ3) is 8.59. The number of aromatic nitrogens is 2. The summed E-state index contributed by atoms with van der Waals surface area (Å²) in [4.78, 5) is 36.3. The number of hydrogen-bond donors (Lipinski definition) is 3. The summed E-state index contributed by atoms with van der Waals surface area (Å²) in [6.07, 6.45) is -1.40. The van der Waals surface area contributed by atoms with Crippen molar-refractivity contribution in [2.75, 3.05) is 36.4 Å². The molecular formula is C31H35F4N7O3. The summed E-state index contributed by atoms with van der Waals surface area (Å²) in [5, 5.41) is 6.00. The Morgan fingerprint density at radius 2 is 1.71 bits per heavy atom. The van der Waals surface area contributed by atoms with Crippen LogP contribution in [-0.2, 0) is 28.9 Å². The quantitative estimate of drug-likeness (QED) is 0.251. The molecule has 10 nitrogen and oxygen atoms in total. The number of piperidine rings is 1. The SMILES string of the molecule is NC(=O)CN1CCC(CNc2ncnc(N(Cc3ccc(C(F)(F)F)cc3)C3CC3)c2F)(NC(=O)OCc2ccccc2)CC1. The van der Waals surface area contributed by atoms with Gasteiger partial charge in [-0.15, -0.1) is 0 Å². The molecule has 2 fully saturated rings. The molecule has 0 radical (unpaired) electrons. The third-order valence-electron chi connectivity index (χ3n) is 8.03. The maximum atomic E-state index is 15.9. The third-order valence-corrected chi connectivity index (χ3v) is 8.03. The number of halogens is 4. The Bertz CT molecular complexity index is 1460. The van der Waals surface area contributed by atoms with Gasteiger partial charge in [0.25, 0.3) is 0 Å². The molecule has 0 atom stereocenters. The fraction of sp³-hybridized carbons (Fsp3) is 0.419. The average Bonchev–Trinajstić information content (AvgIpc) is 3.86. The van der Waals surface area contributed by atoms with Crippen molar-refractivity contribution >= 4 is 23.6 Å². The number of hydrogen-bond acceptors (Lipinski definition) is 8. The minimum atomic E-state index is -4.45. The predicted molar refractivity (Wildman–Crippen MR) is 158 cm³/mol. The van der Waals surface area contributed by atoms with E-state index < -0.39 is 35.1 Å². The van der Waals surface area contributed by atoms with Gasteiger partial charge >= 0.3 is 12.3 Å². The minimum absolute atomic E-state index is 0.00785. The molecule has 0 unspecified atom stereocenters. The van der Waals surface area contributed by atoms with Crippen molar-refractivity contribution in [1.82, 2.24) is 20.2 Å². The molecule has 2 aliphatic rings. The lowest BCUT2D eigenvalue weighted by Crippen LogP contribution is -2.59. The van der Waals surface area contributed by atoms with Gasteiger partial charge in [0.15, 0.2) is 11.6 Å². The van der Waals surface area contributed by atoms with Crippen LogP contribution in [0.2, 0.25) is 0 Å². The number of benzene rings is 2. The zero-order valence-electron chi connectivity index (χ0n) is 24.5. The molecule has 1 aromatic heterocycles. The van der Waals surface area contributed by atoms with E-state index in [0.29, 0.717) is 31.5 Å². The van der Waals surface area contributed by atoms with Crippen molar-refractivity contribution in [3.63, 3.8) is 0 Å². The first-order chi connectivity index (χ1) is 21.5. The Morgan fingerprint density at radius 3 is 2.33 bits per heavy atom. The van der Waals surface area contributed by atoms with Crippen molar-refractivity contribution in [2.45, 2.75) is 56.6 Å². The molecule has 1 saturated carbocycles. The number of nitrogens with zero attached hydrogens (tertiary/aromatic N) is 4. The van der Waals surface area contributed by atoms with Gasteiger partial charge in [-0.25, -0.2) is 14.8 Å². The number of primary amides is 1. The number of carbonyl (C=O) groups is 2. The second-order valence-electron chi connectivity index (χ2n) is 11.5. The first-order valence-corrected chi connectivity index (χ1v) is 14.7. The molecule has 1 saturated heterocycles. The van der Waals surface area contributed by atoms with Crippen molar-refractivity contribution in [3.05, 3.63) is 83.4 Å². The van der Waals surface area contributed by atoms with E-state index in [4.69, 9.17) is 10.5 Å². The summed E-state index contributed by atoms with van der Waals surface area (Å²) in [6, 6.07) is 14.0. The zero-order valence-corrected chi connectivity index (χ0v) is 24.5. The Balaban J connectivity index is 1.29. The average molecular weight is 630 g/mol. The van der Waals surface area contributed by atoms with Crippen molar-refractivity contribution in [2.24, 2.45) is 5.73 Å². The summed E-state index contributed by atoms with van der Waals surface area (Å²) in [5.41, 5.74) is 5.17. The highest BCUT2D eigenvalue weighted by Crippen LogP contribution is 2.36. The lowest BCUT2D eigenvalue weighted by Gasteiger charge is -2.42. The summed E-state index contributed by atoms with van der Waals surface area (Å²) in [7, 11) is 0. The van der Waals surface area contributed by atoms with Gasteiger partial charge in [-0.1, -0.05) is 42.5 Å². The highest BCUT2D eigenvalue weighted by Gasteiger charge is 2.38. The molecular weight excluding hydrogens is 594 g/mol. The number of ether oxygens (including phenoxy) is 1. The van der Waals surface area contributed by atoms with E-state index in [1.54, 1.807) is 4.90 Å². The smallest absolute Gasteiger partial charge is 0.416 e. The molecule has 4 N–H and O–H groups in total. The van der Waals surface area contributed by atoms with Crippen molar-refractivity contribution < 1.29 is 31.9 Å². The summed E-state index contributed by atoms with van der Waals surface area (Å²) in [6.45, 7) is 1.36. The van der Waals surface area contributed by atoms with Crippen LogP contribution >= 0.6 is 0 Å². The van der Waals surface area contributed by atoms with Gasteiger partial charge in [0, 0.05) is 32.2 Å². The highest BCUT2D eigenvalue weighted by molar-refractivity contribution is 5.76. The number of alkyl carbamates (subject to hydrolysis) is 1. The van der Waals surface area contributed by atoms with Crippen LogP contribution < -0.4 is 21.3 Å². The molecule has 3 aromatic rings. The maximum Gasteiger partial charge on any atom is 0.416 e. The molecule has 45 heavy (non-hydrogen) atoms. The van der Waals surface area contributed by atoms with Gasteiger partial charge in [-0.2, -0.15) is 17.6 Å². The molecule has 5 rings (SSSR count). The van der Waals surface area contributed by atoms with E-state index in [1.165, 1.54) is 18.5 Å². The molecule has 14 heteroatoms. The fourth-order valence-corrected chi connectivity index (χ4v) is 5.38. The molecule has 1 aliphatic carbocycles. The van der Waals surface area contributed by atoms with Gasteiger partial charge in [-0.3, -0.25) is 9.69 Å². The molecule has 2 heterocycles. The van der Waals surface area contributed by atoms with Crippen LogP contribution in [0.25, 0.3) is 0 Å². The van der Waals surface area contributed by atoms with Gasteiger partial charge in [0.05, 0.1) is 17.6 Å². The Kier molecular flexibility index (Phi) is 9.71. The highest BCUT2D eigenvalue weighted by atomic mass is 19.4. The number of carbonyl (C=O) groups excluding carboxylic acids is 2. The number of likely N-dealkylation sites (tertiary alicyclic amines) is 1. The lowest BCUT2D eigenvalue weighted by atomic mass is 9.87. The van der Waals surface area contributed by atoms with E-state index in [0.717, 1.165) is 30.5 Å². The second-order valence-corrected chi connectivity index (χ2v) is 11.5. The van der Waals surface area contributed by atoms with Crippen LogP contribution in [0.5, 0.6) is 0 Å². The maximum absolute atomic E-state index is 15.9. The summed E-state index contributed by atoms with van der Waals surface area (Å²) in [5.74, 6) is -1.20. The van der Waals surface area contributed by atoms with Crippen LogP contribution in [-0.4, -0.2) is 64.6 Å². The van der Waals surface area contributed by atoms with Gasteiger partial charge in [0.1, 0.15) is 12.9 Å². The standard InChI is InChI=1S/C31H35F4N7O3/c32-26-27(38-20-39-28(26)42(24-10-11-24)16-21-6-8-23(9-7-21)31(33,34)35)37-19-30(12-14-41(15-13-30)17-25(36)43)40-29(44)45-18-22-4-2-1-3-5-22/h1-9,20,24H,10-19H2,(H2,36,43)(H,40,44)(H,37,38,39). The second kappa shape index (κ2) is 13.7. The molecule has 2 amide bonds. The van der Waals surface area contributed by atoms with Crippen LogP contribution in [0.4, 0.5) is 34.0 Å². The van der Waals surface area contributed by atoms with Gasteiger partial charge in [-0.05, 0) is 48.9 Å². The first-order valence-electron chi connectivity index (χ1n) is 14.7. The summed E-state index contributed by atoms with van der Waals surface area (Å²) < 4.78 is 60.5. The number of amides is 2. The first kappa shape index (κ1) is 31.9. The predicted octanol–water partition coefficient (Wildman–Crippen LogP) is 4.46. The fourth-order valence-electron chi connectivity index (χ4n) is 5.38. The van der Waals surface area contributed by atoms with Crippen LogP contribution in [0.3, 0.4) is 0 Å². The van der Waals surface area contributed by atoms with E-state index in [2.05, 4.69) is 20.6 Å². The molecule has 0 bridgehead atoms. The van der Waals surface area contributed by atoms with E-state index >= 15 is 4.39 Å². The number of alkyl halides is 3. The molecule has 2 aromatic carbocycles. The van der Waals surface area contributed by atoms with Gasteiger partial charge in [0.2, 0.25) is 11.7 Å². The summed E-state index contributed by atoms with van der Waals surface area (Å²) >= 11 is 0. The Labute approximate surface area is 258 Å². The normalized spacial score (nSPS) is 16.5. The van der Waals surface area contributed by atoms with E-state index in [-0.39, 0.29) is 43.9 Å². The van der Waals surface area contributed by atoms with Crippen LogP contribution in [0.15, 0.2) is 60.9 Å². The Hall–Kier alpha value is -4.46. The van der Waals surface area contributed by atoms with Gasteiger partial charge < -0.3 is 26.0 Å². The van der Waals surface area contributed by atoms with Crippen molar-refractivity contribution in [1.29, 1.82) is 0 Å². The number of anilines is 2. The number of nitrogens with two attached hydrogens (primary N) is 1. The number of nitrogens with one attached hydrogen (secondary N) is 2. The molecule has 240 valence electrons. The monoisotopic (exact) mass is 629 g/mol. The van der Waals surface area contributed by atoms with Crippen LogP contribution in [0.1, 0.15) is 42.4 Å². The zero-order chi connectivity index (χ0) is 32.0. The van der Waals surface area contributed by atoms with E-state index in [1.807, 2.05) is 35.2 Å². The molecule has 1 aliphatic heterocycles. The van der Waals surface area contributed by atoms with Crippen LogP contribution in [0, 0.1) is 5.82 Å². The molecule has 0 spiro atoms.